The minimum atomic E-state index is -0.148. The Hall–Kier alpha value is -2.59. The van der Waals surface area contributed by atoms with Gasteiger partial charge in [-0.15, -0.1) is 11.3 Å². The third-order valence-corrected chi connectivity index (χ3v) is 6.19. The number of nitrogens with two attached hydrogens (primary N) is 1. The summed E-state index contributed by atoms with van der Waals surface area (Å²) in [6.07, 6.45) is 2.85. The monoisotopic (exact) mass is 367 g/mol. The van der Waals surface area contributed by atoms with E-state index < -0.39 is 0 Å². The number of aromatic nitrogens is 1. The maximum atomic E-state index is 13.1. The highest BCUT2D eigenvalue weighted by Gasteiger charge is 2.34. The summed E-state index contributed by atoms with van der Waals surface area (Å²) in [5.74, 6) is 0.0229. The molecule has 2 N–H and O–H groups in total. The normalized spacial score (nSPS) is 19.7. The summed E-state index contributed by atoms with van der Waals surface area (Å²) in [5.41, 5.74) is 8.40. The first-order valence-electron chi connectivity index (χ1n) is 8.95. The molecule has 134 valence electrons. The first-order valence-corrected chi connectivity index (χ1v) is 9.77. The van der Waals surface area contributed by atoms with E-state index in [9.17, 15) is 10.1 Å². The number of fused-ring (bicyclic) bond motifs is 1. The van der Waals surface area contributed by atoms with Gasteiger partial charge in [-0.2, -0.15) is 5.26 Å². The number of nitriles is 1. The van der Waals surface area contributed by atoms with Gasteiger partial charge in [0, 0.05) is 31.1 Å². The van der Waals surface area contributed by atoms with Crippen LogP contribution in [0, 0.1) is 11.3 Å². The predicted octanol–water partition coefficient (Wildman–Crippen LogP) is 2.37. The fraction of sp³-hybridized carbons (Fsp3) is 0.421. The van der Waals surface area contributed by atoms with Crippen molar-refractivity contribution in [2.75, 3.05) is 36.8 Å². The lowest BCUT2D eigenvalue weighted by Gasteiger charge is -2.38. The first-order chi connectivity index (χ1) is 12.7. The quantitative estimate of drug-likeness (QED) is 0.881. The fourth-order valence-electron chi connectivity index (χ4n) is 3.91. The van der Waals surface area contributed by atoms with Crippen LogP contribution in [0.1, 0.15) is 34.9 Å². The van der Waals surface area contributed by atoms with Crippen molar-refractivity contribution in [1.82, 2.24) is 9.88 Å². The molecule has 1 atom stereocenters. The van der Waals surface area contributed by atoms with E-state index in [1.54, 1.807) is 0 Å². The molecule has 1 aliphatic heterocycles. The maximum Gasteiger partial charge on any atom is 0.231 e. The summed E-state index contributed by atoms with van der Waals surface area (Å²) >= 11 is 1.52. The molecule has 0 saturated carbocycles. The number of piperazine rings is 1. The molecule has 1 aromatic heterocycles. The van der Waals surface area contributed by atoms with Crippen LogP contribution in [0.3, 0.4) is 0 Å². The average Bonchev–Trinajstić information content (AvgIpc) is 3.07. The highest BCUT2D eigenvalue weighted by molar-refractivity contribution is 7.15. The molecular formula is C19H21N5OS. The van der Waals surface area contributed by atoms with E-state index in [1.807, 2.05) is 29.2 Å². The van der Waals surface area contributed by atoms with Gasteiger partial charge in [0.15, 0.2) is 5.13 Å². The highest BCUT2D eigenvalue weighted by Crippen LogP contribution is 2.37. The molecular weight excluding hydrogens is 346 g/mol. The van der Waals surface area contributed by atoms with E-state index in [4.69, 9.17) is 5.73 Å². The van der Waals surface area contributed by atoms with E-state index in [-0.39, 0.29) is 11.8 Å². The number of carbonyl (C=O) groups excluding carboxylic acids is 1. The first kappa shape index (κ1) is 16.9. The van der Waals surface area contributed by atoms with Crippen molar-refractivity contribution in [3.8, 4) is 6.07 Å². The maximum absolute atomic E-state index is 13.1. The summed E-state index contributed by atoms with van der Waals surface area (Å²) in [6.45, 7) is 2.82. The number of thiazole rings is 1. The number of nitrogen functional groups attached to an aromatic ring is 1. The topological polar surface area (TPSA) is 86.2 Å². The Bertz CT molecular complexity index is 863. The van der Waals surface area contributed by atoms with E-state index in [0.29, 0.717) is 23.8 Å². The molecule has 2 heterocycles. The van der Waals surface area contributed by atoms with Crippen molar-refractivity contribution < 1.29 is 4.79 Å². The van der Waals surface area contributed by atoms with Crippen LogP contribution in [0.2, 0.25) is 0 Å². The molecule has 4 rings (SSSR count). The van der Waals surface area contributed by atoms with Gasteiger partial charge in [0.2, 0.25) is 5.91 Å². The van der Waals surface area contributed by atoms with Crippen LogP contribution < -0.4 is 10.6 Å². The van der Waals surface area contributed by atoms with Crippen LogP contribution in [-0.2, 0) is 11.2 Å². The van der Waals surface area contributed by atoms with E-state index in [1.165, 1.54) is 16.2 Å². The lowest BCUT2D eigenvalue weighted by atomic mass is 9.89. The average molecular weight is 367 g/mol. The smallest absolute Gasteiger partial charge is 0.231 e. The molecule has 0 radical (unpaired) electrons. The van der Waals surface area contributed by atoms with Crippen LogP contribution in [-0.4, -0.2) is 42.0 Å². The second-order valence-electron chi connectivity index (χ2n) is 6.75. The highest BCUT2D eigenvalue weighted by atomic mass is 32.1. The van der Waals surface area contributed by atoms with E-state index >= 15 is 0 Å². The van der Waals surface area contributed by atoms with Crippen LogP contribution in [0.5, 0.6) is 0 Å². The van der Waals surface area contributed by atoms with E-state index in [2.05, 4.69) is 16.0 Å². The zero-order chi connectivity index (χ0) is 18.1. The van der Waals surface area contributed by atoms with Gasteiger partial charge in [0.1, 0.15) is 6.07 Å². The minimum absolute atomic E-state index is 0.148. The lowest BCUT2D eigenvalue weighted by Crippen LogP contribution is -2.50. The van der Waals surface area contributed by atoms with Crippen molar-refractivity contribution >= 4 is 28.1 Å². The van der Waals surface area contributed by atoms with Crippen LogP contribution in [0.15, 0.2) is 24.3 Å². The van der Waals surface area contributed by atoms with Gasteiger partial charge in [-0.3, -0.25) is 4.79 Å². The number of anilines is 2. The van der Waals surface area contributed by atoms with Crippen molar-refractivity contribution in [2.45, 2.75) is 25.2 Å². The lowest BCUT2D eigenvalue weighted by molar-refractivity contribution is -0.133. The zero-order valence-corrected chi connectivity index (χ0v) is 15.3. The molecule has 6 nitrogen and oxygen atoms in total. The molecule has 1 fully saturated rings. The Labute approximate surface area is 156 Å². The number of rotatable bonds is 2. The largest absolute Gasteiger partial charge is 0.375 e. The molecule has 1 amide bonds. The Morgan fingerprint density at radius 3 is 2.81 bits per heavy atom. The standard InChI is InChI=1S/C19H21N5OS/c20-12-13-4-1-2-6-15(13)23-8-10-24(11-9-23)18(25)14-5-3-7-16-17(14)22-19(21)26-16/h1-2,4,6,14H,3,5,7-11H2,(H2,21,22). The Morgan fingerprint density at radius 2 is 2.04 bits per heavy atom. The second-order valence-corrected chi connectivity index (χ2v) is 7.86. The SMILES string of the molecule is N#Cc1ccccc1N1CCN(C(=O)C2CCCc3sc(N)nc32)CC1. The van der Waals surface area contributed by atoms with Gasteiger partial charge < -0.3 is 15.5 Å². The van der Waals surface area contributed by atoms with Gasteiger partial charge in [-0.05, 0) is 31.4 Å². The summed E-state index contributed by atoms with van der Waals surface area (Å²) in [5, 5.41) is 9.86. The van der Waals surface area contributed by atoms with Gasteiger partial charge in [0.25, 0.3) is 0 Å². The number of hydrogen-bond acceptors (Lipinski definition) is 6. The number of hydrogen-bond donors (Lipinski definition) is 1. The number of nitrogens with zero attached hydrogens (tertiary/aromatic N) is 4. The van der Waals surface area contributed by atoms with Gasteiger partial charge in [-0.25, -0.2) is 4.98 Å². The Balaban J connectivity index is 1.45. The van der Waals surface area contributed by atoms with Gasteiger partial charge in [-0.1, -0.05) is 12.1 Å². The molecule has 1 unspecified atom stereocenters. The molecule has 1 aromatic carbocycles. The van der Waals surface area contributed by atoms with Crippen molar-refractivity contribution in [1.29, 1.82) is 5.26 Å². The second kappa shape index (κ2) is 6.96. The summed E-state index contributed by atoms with van der Waals surface area (Å²) in [4.78, 5) is 22.8. The van der Waals surface area contributed by atoms with Crippen molar-refractivity contribution in [2.24, 2.45) is 0 Å². The number of amides is 1. The third-order valence-electron chi connectivity index (χ3n) is 5.23. The van der Waals surface area contributed by atoms with Gasteiger partial charge in [0.05, 0.1) is 22.9 Å². The Morgan fingerprint density at radius 1 is 1.27 bits per heavy atom. The zero-order valence-electron chi connectivity index (χ0n) is 14.5. The molecule has 1 aliphatic carbocycles. The molecule has 2 aliphatic rings. The molecule has 7 heteroatoms. The third kappa shape index (κ3) is 3.01. The molecule has 1 saturated heterocycles. The Kier molecular flexibility index (Phi) is 4.51. The number of para-hydroxylation sites is 1. The minimum Gasteiger partial charge on any atom is -0.375 e. The number of benzene rings is 1. The molecule has 26 heavy (non-hydrogen) atoms. The predicted molar refractivity (Wildman–Crippen MR) is 102 cm³/mol. The van der Waals surface area contributed by atoms with Crippen molar-refractivity contribution in [3.05, 3.63) is 40.4 Å². The molecule has 0 spiro atoms. The number of carbonyl (C=O) groups is 1. The summed E-state index contributed by atoms with van der Waals surface area (Å²) in [6, 6.07) is 9.89. The molecule has 0 bridgehead atoms. The van der Waals surface area contributed by atoms with Gasteiger partial charge >= 0.3 is 0 Å². The summed E-state index contributed by atoms with van der Waals surface area (Å²) in [7, 11) is 0. The van der Waals surface area contributed by atoms with Crippen LogP contribution in [0.4, 0.5) is 10.8 Å². The fourth-order valence-corrected chi connectivity index (χ4v) is 4.85. The molecule has 2 aromatic rings. The number of aryl methyl sites for hydroxylation is 1. The van der Waals surface area contributed by atoms with Crippen LogP contribution >= 0.6 is 11.3 Å². The van der Waals surface area contributed by atoms with Crippen molar-refractivity contribution in [3.63, 3.8) is 0 Å². The summed E-state index contributed by atoms with van der Waals surface area (Å²) < 4.78 is 0. The van der Waals surface area contributed by atoms with E-state index in [0.717, 1.165) is 43.7 Å². The van der Waals surface area contributed by atoms with Crippen LogP contribution in [0.25, 0.3) is 0 Å².